The maximum atomic E-state index is 6.36. The Balaban J connectivity index is 0.000000158. The number of aromatic nitrogens is 6. The van der Waals surface area contributed by atoms with E-state index in [4.69, 9.17) is 60.6 Å². The zero-order valence-electron chi connectivity index (χ0n) is 20.4. The minimum Gasteiger partial charge on any atom is -0.367 e. The van der Waals surface area contributed by atoms with E-state index in [1.54, 1.807) is 40.2 Å². The maximum Gasteiger partial charge on any atom is 0.216 e. The normalized spacial score (nSPS) is 22.0. The third-order valence-electron chi connectivity index (χ3n) is 6.33. The lowest BCUT2D eigenvalue weighted by Gasteiger charge is -2.29. The van der Waals surface area contributed by atoms with Gasteiger partial charge in [-0.2, -0.15) is 10.2 Å². The quantitative estimate of drug-likeness (QED) is 0.227. The van der Waals surface area contributed by atoms with Crippen LogP contribution in [-0.2, 0) is 38.7 Å². The van der Waals surface area contributed by atoms with Crippen LogP contribution in [0, 0.1) is 0 Å². The van der Waals surface area contributed by atoms with E-state index in [1.165, 1.54) is 12.7 Å². The Kier molecular flexibility index (Phi) is 9.14. The van der Waals surface area contributed by atoms with E-state index >= 15 is 0 Å². The summed E-state index contributed by atoms with van der Waals surface area (Å²) in [4.78, 5) is 8.18. The second-order valence-corrected chi connectivity index (χ2v) is 12.0. The first kappa shape index (κ1) is 28.8. The molecule has 4 heterocycles. The van der Waals surface area contributed by atoms with Crippen LogP contribution in [0.4, 0.5) is 0 Å². The van der Waals surface area contributed by atoms with Gasteiger partial charge in [0, 0.05) is 31.0 Å². The standard InChI is InChI=1S/C13H12BrCl2N3O.C12H11Cl2N3O2/c14-9-4-13(20-5-9,6-19-8-17-7-18-19)11-2-1-10(15)3-12(11)16;13-9-1-2-10(11(14)5-9)12(18-3-4-19-12)6-17-8-15-7-16-17/h1-3,7-9H,4-6H2;1-2,5,7-8H,3-4,6H2. The molecule has 2 aliphatic rings. The lowest BCUT2D eigenvalue weighted by Crippen LogP contribution is -2.33. The summed E-state index contributed by atoms with van der Waals surface area (Å²) >= 11 is 28.1. The second-order valence-electron chi connectivity index (χ2n) is 8.99. The average Bonchev–Trinajstić information content (AvgIpc) is 3.70. The Morgan fingerprint density at radius 2 is 1.36 bits per heavy atom. The van der Waals surface area contributed by atoms with E-state index in [2.05, 4.69) is 36.1 Å². The summed E-state index contributed by atoms with van der Waals surface area (Å²) in [5.74, 6) is -0.935. The SMILES string of the molecule is Clc1ccc(C2(Cn3cncn3)CC(Br)CO2)c(Cl)c1.Clc1ccc(C2(Cn3cncn3)OCCO2)c(Cl)c1. The molecule has 2 aromatic heterocycles. The molecule has 0 radical (unpaired) electrons. The lowest BCUT2D eigenvalue weighted by molar-refractivity contribution is -0.177. The molecule has 2 unspecified atom stereocenters. The van der Waals surface area contributed by atoms with Gasteiger partial charge in [0.05, 0.1) is 31.4 Å². The number of benzene rings is 2. The third kappa shape index (κ3) is 6.60. The van der Waals surface area contributed by atoms with Crippen molar-refractivity contribution in [3.63, 3.8) is 0 Å². The van der Waals surface area contributed by atoms with Crippen LogP contribution in [0.3, 0.4) is 0 Å². The van der Waals surface area contributed by atoms with Gasteiger partial charge in [0.2, 0.25) is 5.79 Å². The summed E-state index contributed by atoms with van der Waals surface area (Å²) in [5, 5.41) is 10.5. The van der Waals surface area contributed by atoms with Crippen molar-refractivity contribution in [2.75, 3.05) is 19.8 Å². The van der Waals surface area contributed by atoms with Crippen LogP contribution in [-0.4, -0.2) is 54.2 Å². The molecule has 2 saturated heterocycles. The van der Waals surface area contributed by atoms with Crippen LogP contribution in [0.25, 0.3) is 0 Å². The predicted molar refractivity (Wildman–Crippen MR) is 152 cm³/mol. The number of alkyl halides is 1. The van der Waals surface area contributed by atoms with Crippen molar-refractivity contribution >= 4 is 62.3 Å². The van der Waals surface area contributed by atoms with Crippen molar-refractivity contribution in [1.29, 1.82) is 0 Å². The molecular formula is C25H23BrCl4N6O3. The van der Waals surface area contributed by atoms with E-state index in [-0.39, 0.29) is 4.83 Å². The highest BCUT2D eigenvalue weighted by molar-refractivity contribution is 9.09. The van der Waals surface area contributed by atoms with Crippen molar-refractivity contribution in [2.45, 2.75) is 35.7 Å². The molecule has 2 aromatic carbocycles. The van der Waals surface area contributed by atoms with Gasteiger partial charge in [-0.25, -0.2) is 19.3 Å². The largest absolute Gasteiger partial charge is 0.367 e. The van der Waals surface area contributed by atoms with Gasteiger partial charge in [-0.1, -0.05) is 74.5 Å². The van der Waals surface area contributed by atoms with Crippen LogP contribution in [0.5, 0.6) is 0 Å². The van der Waals surface area contributed by atoms with Gasteiger partial charge in [0.25, 0.3) is 0 Å². The van der Waals surface area contributed by atoms with Crippen LogP contribution < -0.4 is 0 Å². The van der Waals surface area contributed by atoms with E-state index in [0.29, 0.717) is 53.0 Å². The Labute approximate surface area is 253 Å². The molecule has 0 bridgehead atoms. The topological polar surface area (TPSA) is 89.1 Å². The highest BCUT2D eigenvalue weighted by Gasteiger charge is 2.43. The minimum absolute atomic E-state index is 0.290. The fourth-order valence-electron chi connectivity index (χ4n) is 4.66. The van der Waals surface area contributed by atoms with E-state index in [0.717, 1.165) is 17.5 Å². The van der Waals surface area contributed by atoms with Gasteiger partial charge in [-0.3, -0.25) is 0 Å². The zero-order chi connectivity index (χ0) is 27.5. The minimum atomic E-state index is -0.935. The van der Waals surface area contributed by atoms with Crippen LogP contribution in [0.2, 0.25) is 20.1 Å². The van der Waals surface area contributed by atoms with Crippen molar-refractivity contribution in [1.82, 2.24) is 29.5 Å². The maximum absolute atomic E-state index is 6.36. The van der Waals surface area contributed by atoms with Crippen molar-refractivity contribution in [2.24, 2.45) is 0 Å². The first-order valence-electron chi connectivity index (χ1n) is 11.9. The van der Waals surface area contributed by atoms with E-state index in [9.17, 15) is 0 Å². The van der Waals surface area contributed by atoms with Gasteiger partial charge in [-0.05, 0) is 30.7 Å². The lowest BCUT2D eigenvalue weighted by atomic mass is 9.90. The molecule has 39 heavy (non-hydrogen) atoms. The highest BCUT2D eigenvalue weighted by atomic mass is 79.9. The Hall–Kier alpha value is -1.76. The van der Waals surface area contributed by atoms with Crippen LogP contribution in [0.1, 0.15) is 17.5 Å². The number of hydrogen-bond acceptors (Lipinski definition) is 7. The average molecular weight is 677 g/mol. The fourth-order valence-corrected chi connectivity index (χ4v) is 6.44. The molecular weight excluding hydrogens is 654 g/mol. The summed E-state index contributed by atoms with van der Waals surface area (Å²) in [7, 11) is 0. The number of hydrogen-bond donors (Lipinski definition) is 0. The number of halogens is 5. The smallest absolute Gasteiger partial charge is 0.216 e. The molecule has 2 aliphatic heterocycles. The van der Waals surface area contributed by atoms with Crippen LogP contribution >= 0.6 is 62.3 Å². The first-order chi connectivity index (χ1) is 18.8. The second kappa shape index (κ2) is 12.4. The van der Waals surface area contributed by atoms with Gasteiger partial charge >= 0.3 is 0 Å². The monoisotopic (exact) mass is 674 g/mol. The molecule has 4 aromatic rings. The first-order valence-corrected chi connectivity index (χ1v) is 14.3. The van der Waals surface area contributed by atoms with Crippen molar-refractivity contribution in [3.05, 3.63) is 92.9 Å². The Morgan fingerprint density at radius 1 is 0.795 bits per heavy atom. The van der Waals surface area contributed by atoms with Gasteiger partial charge < -0.3 is 14.2 Å². The molecule has 2 fully saturated rings. The van der Waals surface area contributed by atoms with Gasteiger partial charge in [-0.15, -0.1) is 0 Å². The molecule has 9 nitrogen and oxygen atoms in total. The molecule has 0 amide bonds. The van der Waals surface area contributed by atoms with E-state index < -0.39 is 11.4 Å². The van der Waals surface area contributed by atoms with Gasteiger partial charge in [0.1, 0.15) is 37.5 Å². The molecule has 0 spiro atoms. The summed E-state index contributed by atoms with van der Waals surface area (Å²) in [6, 6.07) is 10.7. The Bertz CT molecular complexity index is 1390. The van der Waals surface area contributed by atoms with Crippen molar-refractivity contribution in [3.8, 4) is 0 Å². The molecule has 0 N–H and O–H groups in total. The van der Waals surface area contributed by atoms with Crippen LogP contribution in [0.15, 0.2) is 61.7 Å². The number of nitrogens with zero attached hydrogens (tertiary/aromatic N) is 6. The van der Waals surface area contributed by atoms with E-state index in [1.807, 2.05) is 18.2 Å². The number of ether oxygens (including phenoxy) is 3. The zero-order valence-corrected chi connectivity index (χ0v) is 25.0. The molecule has 6 rings (SSSR count). The summed E-state index contributed by atoms with van der Waals surface area (Å²) in [6.07, 6.45) is 7.07. The molecule has 0 saturated carbocycles. The molecule has 14 heteroatoms. The molecule has 2 atom stereocenters. The third-order valence-corrected chi connectivity index (χ3v) is 8.01. The molecule has 0 aliphatic carbocycles. The predicted octanol–water partition coefficient (Wildman–Crippen LogP) is 6.15. The van der Waals surface area contributed by atoms with Crippen molar-refractivity contribution < 1.29 is 14.2 Å². The summed E-state index contributed by atoms with van der Waals surface area (Å²) < 4.78 is 21.0. The summed E-state index contributed by atoms with van der Waals surface area (Å²) in [5.41, 5.74) is 1.16. The Morgan fingerprint density at radius 3 is 1.85 bits per heavy atom. The highest BCUT2D eigenvalue weighted by Crippen LogP contribution is 2.43. The van der Waals surface area contributed by atoms with Gasteiger partial charge in [0.15, 0.2) is 0 Å². The summed E-state index contributed by atoms with van der Waals surface area (Å²) in [6.45, 7) is 2.60. The fraction of sp³-hybridized carbons (Fsp3) is 0.360. The number of rotatable bonds is 6. The molecule has 206 valence electrons.